The number of aliphatic hydroxyl groups is 1. The van der Waals surface area contributed by atoms with E-state index in [0.29, 0.717) is 17.9 Å². The molecule has 222 valence electrons. The average Bonchev–Trinajstić information content (AvgIpc) is 2.92. The summed E-state index contributed by atoms with van der Waals surface area (Å²) in [6.45, 7) is 3.04. The van der Waals surface area contributed by atoms with E-state index in [2.05, 4.69) is 5.32 Å². The molecule has 3 aromatic carbocycles. The molecule has 0 saturated carbocycles. The minimum absolute atomic E-state index is 0.0360. The maximum absolute atomic E-state index is 13.5. The summed E-state index contributed by atoms with van der Waals surface area (Å²) in [7, 11) is -2.91. The summed E-state index contributed by atoms with van der Waals surface area (Å²) in [5.41, 5.74) is -0.316. The predicted molar refractivity (Wildman–Crippen MR) is 147 cm³/mol. The van der Waals surface area contributed by atoms with Gasteiger partial charge in [0.25, 0.3) is 5.91 Å². The number of aromatic hydroxyl groups is 1. The molecule has 0 radical (unpaired) electrons. The summed E-state index contributed by atoms with van der Waals surface area (Å²) in [6.07, 6.45) is -5.93. The van der Waals surface area contributed by atoms with E-state index >= 15 is 0 Å². The van der Waals surface area contributed by atoms with Gasteiger partial charge in [-0.2, -0.15) is 17.5 Å². The third-order valence-electron chi connectivity index (χ3n) is 6.31. The van der Waals surface area contributed by atoms with Gasteiger partial charge in [-0.1, -0.05) is 44.2 Å². The maximum atomic E-state index is 13.5. The molecule has 12 heteroatoms. The smallest absolute Gasteiger partial charge is 0.416 e. The van der Waals surface area contributed by atoms with Crippen LogP contribution in [0.15, 0.2) is 77.7 Å². The fourth-order valence-corrected chi connectivity index (χ4v) is 5.83. The van der Waals surface area contributed by atoms with Gasteiger partial charge in [-0.15, -0.1) is 0 Å². The number of nitrogens with zero attached hydrogens (tertiary/aromatic N) is 1. The van der Waals surface area contributed by atoms with Crippen molar-refractivity contribution in [3.05, 3.63) is 89.5 Å². The lowest BCUT2D eigenvalue weighted by Gasteiger charge is -2.31. The zero-order valence-corrected chi connectivity index (χ0v) is 23.6. The first-order valence-electron chi connectivity index (χ1n) is 12.8. The molecule has 0 aliphatic carbocycles. The molecule has 0 saturated heterocycles. The highest BCUT2D eigenvalue weighted by Gasteiger charge is 2.34. The van der Waals surface area contributed by atoms with Gasteiger partial charge in [0.2, 0.25) is 10.0 Å². The molecule has 0 aliphatic rings. The molecule has 0 aliphatic heterocycles. The standard InChI is InChI=1S/C29H33F3N2O6S/c1-19(2)17-34(41(38,39)23-12-9-21(10-13-23)29(30,31)32)18-27(36)25(15-20-7-5-4-6-8-20)33-28(37)24-14-11-22(40-3)16-26(24)35/h4-14,16,19,25,27,35-36H,15,17-18H2,1-3H3,(H,33,37)/t25-,27+/m0/s1. The van der Waals surface area contributed by atoms with Crippen LogP contribution in [0.2, 0.25) is 0 Å². The summed E-state index contributed by atoms with van der Waals surface area (Å²) >= 11 is 0. The van der Waals surface area contributed by atoms with Crippen molar-refractivity contribution in [2.24, 2.45) is 5.92 Å². The number of hydrogen-bond acceptors (Lipinski definition) is 6. The number of carbonyl (C=O) groups excluding carboxylic acids is 1. The molecule has 8 nitrogen and oxygen atoms in total. The molecule has 0 aromatic heterocycles. The minimum Gasteiger partial charge on any atom is -0.507 e. The Bertz CT molecular complexity index is 1410. The molecule has 1 amide bonds. The van der Waals surface area contributed by atoms with Crippen molar-refractivity contribution in [2.45, 2.75) is 43.5 Å². The number of alkyl halides is 3. The monoisotopic (exact) mass is 594 g/mol. The Kier molecular flexibility index (Phi) is 10.4. The first-order chi connectivity index (χ1) is 19.2. The van der Waals surface area contributed by atoms with Gasteiger partial charge in [0.1, 0.15) is 11.5 Å². The molecule has 0 unspecified atom stereocenters. The summed E-state index contributed by atoms with van der Waals surface area (Å²) < 4.78 is 72.1. The quantitative estimate of drug-likeness (QED) is 0.285. The van der Waals surface area contributed by atoms with Gasteiger partial charge in [0.15, 0.2) is 0 Å². The average molecular weight is 595 g/mol. The van der Waals surface area contributed by atoms with Crippen LogP contribution in [0.3, 0.4) is 0 Å². The van der Waals surface area contributed by atoms with Gasteiger partial charge < -0.3 is 20.3 Å². The largest absolute Gasteiger partial charge is 0.507 e. The van der Waals surface area contributed by atoms with Crippen molar-refractivity contribution in [1.82, 2.24) is 9.62 Å². The molecule has 3 rings (SSSR count). The first kappa shape index (κ1) is 31.9. The van der Waals surface area contributed by atoms with E-state index in [1.165, 1.54) is 25.3 Å². The van der Waals surface area contributed by atoms with Crippen LogP contribution in [0.4, 0.5) is 13.2 Å². The topological polar surface area (TPSA) is 116 Å². The zero-order valence-electron chi connectivity index (χ0n) is 22.8. The maximum Gasteiger partial charge on any atom is 0.416 e. The lowest BCUT2D eigenvalue weighted by Crippen LogP contribution is -2.51. The molecule has 3 N–H and O–H groups in total. The zero-order chi connectivity index (χ0) is 30.4. The highest BCUT2D eigenvalue weighted by Crippen LogP contribution is 2.30. The number of halogens is 3. The minimum atomic E-state index is -4.63. The van der Waals surface area contributed by atoms with Gasteiger partial charge in [-0.05, 0) is 54.3 Å². The fraction of sp³-hybridized carbons (Fsp3) is 0.345. The van der Waals surface area contributed by atoms with Crippen LogP contribution in [-0.4, -0.2) is 61.2 Å². The van der Waals surface area contributed by atoms with E-state index in [1.54, 1.807) is 44.2 Å². The molecular formula is C29H33F3N2O6S. The number of phenols is 1. The van der Waals surface area contributed by atoms with Crippen LogP contribution in [0.25, 0.3) is 0 Å². The highest BCUT2D eigenvalue weighted by molar-refractivity contribution is 7.89. The lowest BCUT2D eigenvalue weighted by molar-refractivity contribution is -0.137. The van der Waals surface area contributed by atoms with Gasteiger partial charge >= 0.3 is 6.18 Å². The number of aliphatic hydroxyl groups excluding tert-OH is 1. The van der Waals surface area contributed by atoms with Crippen LogP contribution < -0.4 is 10.1 Å². The van der Waals surface area contributed by atoms with E-state index in [-0.39, 0.29) is 35.1 Å². The molecule has 41 heavy (non-hydrogen) atoms. The van der Waals surface area contributed by atoms with Crippen LogP contribution >= 0.6 is 0 Å². The number of amides is 1. The second-order valence-electron chi connectivity index (χ2n) is 9.96. The SMILES string of the molecule is COc1ccc(C(=O)N[C@@H](Cc2ccccc2)[C@H](O)CN(CC(C)C)S(=O)(=O)c2ccc(C(F)(F)F)cc2)c(O)c1. The number of carbonyl (C=O) groups is 1. The van der Waals surface area contributed by atoms with Crippen molar-refractivity contribution in [3.8, 4) is 11.5 Å². The predicted octanol–water partition coefficient (Wildman–Crippen LogP) is 4.47. The Morgan fingerprint density at radius 2 is 1.63 bits per heavy atom. The number of rotatable bonds is 12. The van der Waals surface area contributed by atoms with Crippen LogP contribution in [-0.2, 0) is 22.6 Å². The number of methoxy groups -OCH3 is 1. The van der Waals surface area contributed by atoms with Crippen molar-refractivity contribution < 1.29 is 41.3 Å². The summed E-state index contributed by atoms with van der Waals surface area (Å²) in [5, 5.41) is 24.3. The van der Waals surface area contributed by atoms with Crippen molar-refractivity contribution >= 4 is 15.9 Å². The Morgan fingerprint density at radius 3 is 2.17 bits per heavy atom. The van der Waals surface area contributed by atoms with Crippen molar-refractivity contribution in [1.29, 1.82) is 0 Å². The van der Waals surface area contributed by atoms with E-state index < -0.39 is 46.4 Å². The normalized spacial score (nSPS) is 13.7. The number of phenolic OH excluding ortho intramolecular Hbond substituents is 1. The third-order valence-corrected chi connectivity index (χ3v) is 8.15. The van der Waals surface area contributed by atoms with Crippen molar-refractivity contribution in [2.75, 3.05) is 20.2 Å². The van der Waals surface area contributed by atoms with Crippen molar-refractivity contribution in [3.63, 3.8) is 0 Å². The van der Waals surface area contributed by atoms with E-state index in [4.69, 9.17) is 4.74 Å². The van der Waals surface area contributed by atoms with E-state index in [0.717, 1.165) is 22.0 Å². The summed E-state index contributed by atoms with van der Waals surface area (Å²) in [5.74, 6) is -0.908. The molecule has 0 spiro atoms. The first-order valence-corrected chi connectivity index (χ1v) is 14.2. The Labute approximate surface area is 237 Å². The van der Waals surface area contributed by atoms with E-state index in [9.17, 15) is 36.6 Å². The summed E-state index contributed by atoms with van der Waals surface area (Å²) in [4.78, 5) is 12.8. The number of sulfonamides is 1. The van der Waals surface area contributed by atoms with Gasteiger partial charge in [-0.3, -0.25) is 4.79 Å². The number of nitrogens with one attached hydrogen (secondary N) is 1. The molecule has 0 fully saturated rings. The number of benzene rings is 3. The van der Waals surface area contributed by atoms with Gasteiger partial charge in [-0.25, -0.2) is 8.42 Å². The molecule has 2 atom stereocenters. The molecule has 0 heterocycles. The molecule has 0 bridgehead atoms. The lowest BCUT2D eigenvalue weighted by atomic mass is 10.00. The fourth-order valence-electron chi connectivity index (χ4n) is 4.21. The Morgan fingerprint density at radius 1 is 1.00 bits per heavy atom. The number of ether oxygens (including phenoxy) is 1. The molecular weight excluding hydrogens is 561 g/mol. The Balaban J connectivity index is 1.91. The highest BCUT2D eigenvalue weighted by atomic mass is 32.2. The van der Waals surface area contributed by atoms with Crippen LogP contribution in [0.1, 0.15) is 35.3 Å². The van der Waals surface area contributed by atoms with Crippen LogP contribution in [0, 0.1) is 5.92 Å². The van der Waals surface area contributed by atoms with Gasteiger partial charge in [0, 0.05) is 19.2 Å². The second kappa shape index (κ2) is 13.4. The van der Waals surface area contributed by atoms with Gasteiger partial charge in [0.05, 0.1) is 35.3 Å². The third kappa shape index (κ3) is 8.44. The molecule has 3 aromatic rings. The van der Waals surface area contributed by atoms with E-state index in [1.807, 2.05) is 0 Å². The number of hydrogen-bond donors (Lipinski definition) is 3. The van der Waals surface area contributed by atoms with Crippen LogP contribution in [0.5, 0.6) is 11.5 Å². The second-order valence-corrected chi connectivity index (χ2v) is 11.9. The summed E-state index contributed by atoms with van der Waals surface area (Å²) in [6, 6.07) is 15.2. The Hall–Kier alpha value is -3.61.